The van der Waals surface area contributed by atoms with Crippen LogP contribution in [0.15, 0.2) is 23.3 Å². The molecule has 0 heterocycles. The minimum Gasteiger partial charge on any atom is -0.464 e. The molecule has 0 unspecified atom stereocenters. The van der Waals surface area contributed by atoms with E-state index in [1.54, 1.807) is 5.43 Å². The van der Waals surface area contributed by atoms with E-state index in [1.165, 1.54) is 6.92 Å². The molecule has 4 nitrogen and oxygen atoms in total. The molecule has 0 aromatic heterocycles. The Balaban J connectivity index is 3.05. The van der Waals surface area contributed by atoms with E-state index in [0.29, 0.717) is 12.1 Å². The molecule has 0 aliphatic carbocycles. The zero-order chi connectivity index (χ0) is 13.9. The molecule has 0 saturated carbocycles. The van der Waals surface area contributed by atoms with Gasteiger partial charge in [0.1, 0.15) is 5.82 Å². The Hall–Kier alpha value is -2.12. The van der Waals surface area contributed by atoms with Gasteiger partial charge in [-0.15, -0.1) is 0 Å². The minimum atomic E-state index is -4.77. The van der Waals surface area contributed by atoms with Crippen molar-refractivity contribution in [1.82, 2.24) is 5.43 Å². The Morgan fingerprint density at radius 1 is 1.39 bits per heavy atom. The predicted molar refractivity (Wildman–Crippen MR) is 54.8 cm³/mol. The summed E-state index contributed by atoms with van der Waals surface area (Å²) < 4.78 is 50.0. The van der Waals surface area contributed by atoms with Crippen molar-refractivity contribution in [2.24, 2.45) is 5.10 Å². The average molecular weight is 264 g/mol. The fraction of sp³-hybridized carbons (Fsp3) is 0.200. The topological polar surface area (TPSA) is 61.7 Å². The van der Waals surface area contributed by atoms with Crippen molar-refractivity contribution in [3.8, 4) is 0 Å². The third-order valence-electron chi connectivity index (χ3n) is 2.01. The van der Waals surface area contributed by atoms with Crippen LogP contribution >= 0.6 is 0 Å². The lowest BCUT2D eigenvalue weighted by atomic mass is 10.1. The van der Waals surface area contributed by atoms with Crippen molar-refractivity contribution in [2.45, 2.75) is 13.1 Å². The molecular weight excluding hydrogens is 256 g/mol. The summed E-state index contributed by atoms with van der Waals surface area (Å²) in [5.41, 5.74) is 0.381. The average Bonchev–Trinajstić information content (AvgIpc) is 2.23. The lowest BCUT2D eigenvalue weighted by molar-refractivity contribution is -0.140. The molecule has 0 aliphatic rings. The summed E-state index contributed by atoms with van der Waals surface area (Å²) in [6, 6.07) is 2.23. The standard InChI is InChI=1S/C10H8F4N2O2/c1-5(15-16-9(17)18)6-2-3-7(8(11)4-6)10(12,13)14/h2-4,16H,1H3,(H,17,18)/b15-5-. The molecule has 1 amide bonds. The summed E-state index contributed by atoms with van der Waals surface area (Å²) in [5.74, 6) is -1.44. The smallest absolute Gasteiger partial charge is 0.425 e. The minimum absolute atomic E-state index is 0.0463. The van der Waals surface area contributed by atoms with Gasteiger partial charge in [-0.05, 0) is 19.1 Å². The molecule has 0 bridgehead atoms. The van der Waals surface area contributed by atoms with Gasteiger partial charge in [0.05, 0.1) is 11.3 Å². The van der Waals surface area contributed by atoms with Crippen LogP contribution in [0.2, 0.25) is 0 Å². The molecule has 0 spiro atoms. The van der Waals surface area contributed by atoms with E-state index >= 15 is 0 Å². The van der Waals surface area contributed by atoms with E-state index < -0.39 is 23.7 Å². The first-order chi connectivity index (χ1) is 8.21. The van der Waals surface area contributed by atoms with E-state index in [2.05, 4.69) is 5.10 Å². The van der Waals surface area contributed by atoms with Gasteiger partial charge in [-0.3, -0.25) is 0 Å². The second-order valence-corrected chi connectivity index (χ2v) is 3.31. The van der Waals surface area contributed by atoms with Gasteiger partial charge in [0.25, 0.3) is 0 Å². The molecular formula is C10H8F4N2O2. The van der Waals surface area contributed by atoms with Gasteiger partial charge in [-0.2, -0.15) is 18.3 Å². The van der Waals surface area contributed by atoms with Crippen LogP contribution in [-0.4, -0.2) is 16.9 Å². The Kier molecular flexibility index (Phi) is 3.89. The number of hydrogen-bond acceptors (Lipinski definition) is 2. The zero-order valence-corrected chi connectivity index (χ0v) is 9.05. The number of benzene rings is 1. The van der Waals surface area contributed by atoms with Gasteiger partial charge in [0.2, 0.25) is 0 Å². The maximum absolute atomic E-state index is 13.2. The summed E-state index contributed by atoms with van der Waals surface area (Å²) in [6.07, 6.45) is -6.20. The van der Waals surface area contributed by atoms with Crippen molar-refractivity contribution in [3.63, 3.8) is 0 Å². The normalized spacial score (nSPS) is 12.4. The predicted octanol–water partition coefficient (Wildman–Crippen LogP) is 2.84. The number of nitrogens with zero attached hydrogens (tertiary/aromatic N) is 1. The van der Waals surface area contributed by atoms with Crippen molar-refractivity contribution < 1.29 is 27.5 Å². The van der Waals surface area contributed by atoms with Crippen LogP contribution in [0.5, 0.6) is 0 Å². The van der Waals surface area contributed by atoms with E-state index in [4.69, 9.17) is 5.11 Å². The quantitative estimate of drug-likeness (QED) is 0.490. The van der Waals surface area contributed by atoms with Crippen LogP contribution in [0.4, 0.5) is 22.4 Å². The fourth-order valence-corrected chi connectivity index (χ4v) is 1.17. The lowest BCUT2D eigenvalue weighted by Crippen LogP contribution is -2.16. The Labute approximate surface area is 98.9 Å². The van der Waals surface area contributed by atoms with Crippen LogP contribution < -0.4 is 5.43 Å². The van der Waals surface area contributed by atoms with Gasteiger partial charge in [0.15, 0.2) is 0 Å². The molecule has 1 aromatic carbocycles. The van der Waals surface area contributed by atoms with Crippen molar-refractivity contribution in [1.29, 1.82) is 0 Å². The molecule has 18 heavy (non-hydrogen) atoms. The highest BCUT2D eigenvalue weighted by atomic mass is 19.4. The largest absolute Gasteiger partial charge is 0.464 e. The van der Waals surface area contributed by atoms with Crippen molar-refractivity contribution in [3.05, 3.63) is 35.1 Å². The lowest BCUT2D eigenvalue weighted by Gasteiger charge is -2.09. The molecule has 98 valence electrons. The molecule has 0 aliphatic heterocycles. The third kappa shape index (κ3) is 3.44. The number of alkyl halides is 3. The van der Waals surface area contributed by atoms with Crippen molar-refractivity contribution >= 4 is 11.8 Å². The number of carboxylic acid groups (broad SMARTS) is 1. The first kappa shape index (κ1) is 13.9. The van der Waals surface area contributed by atoms with E-state index in [0.717, 1.165) is 6.07 Å². The van der Waals surface area contributed by atoms with Crippen LogP contribution in [0.1, 0.15) is 18.1 Å². The molecule has 0 radical (unpaired) electrons. The molecule has 1 rings (SSSR count). The first-order valence-electron chi connectivity index (χ1n) is 4.62. The van der Waals surface area contributed by atoms with E-state index in [-0.39, 0.29) is 11.3 Å². The number of nitrogens with one attached hydrogen (secondary N) is 1. The number of amides is 1. The maximum Gasteiger partial charge on any atom is 0.425 e. The van der Waals surface area contributed by atoms with Crippen LogP contribution in [0, 0.1) is 5.82 Å². The monoisotopic (exact) mass is 264 g/mol. The maximum atomic E-state index is 13.2. The number of hydrogen-bond donors (Lipinski definition) is 2. The molecule has 0 saturated heterocycles. The summed E-state index contributed by atoms with van der Waals surface area (Å²) in [6.45, 7) is 1.33. The number of hydrazone groups is 1. The molecule has 0 fully saturated rings. The third-order valence-corrected chi connectivity index (χ3v) is 2.01. The first-order valence-corrected chi connectivity index (χ1v) is 4.62. The molecule has 8 heteroatoms. The fourth-order valence-electron chi connectivity index (χ4n) is 1.17. The highest BCUT2D eigenvalue weighted by Crippen LogP contribution is 2.31. The second-order valence-electron chi connectivity index (χ2n) is 3.31. The van der Waals surface area contributed by atoms with Crippen LogP contribution in [0.3, 0.4) is 0 Å². The van der Waals surface area contributed by atoms with Gasteiger partial charge in [-0.25, -0.2) is 14.6 Å². The molecule has 2 N–H and O–H groups in total. The van der Waals surface area contributed by atoms with E-state index in [1.807, 2.05) is 0 Å². The highest BCUT2D eigenvalue weighted by molar-refractivity contribution is 5.99. The van der Waals surface area contributed by atoms with Crippen LogP contribution in [0.25, 0.3) is 0 Å². The molecule has 0 atom stereocenters. The van der Waals surface area contributed by atoms with Gasteiger partial charge in [-0.1, -0.05) is 6.07 Å². The van der Waals surface area contributed by atoms with Gasteiger partial charge in [0, 0.05) is 5.56 Å². The zero-order valence-electron chi connectivity index (χ0n) is 9.05. The second kappa shape index (κ2) is 5.03. The summed E-state index contributed by atoms with van der Waals surface area (Å²) >= 11 is 0. The summed E-state index contributed by atoms with van der Waals surface area (Å²) in [7, 11) is 0. The SMILES string of the molecule is C/C(=N/NC(=O)O)c1ccc(C(F)(F)F)c(F)c1. The van der Waals surface area contributed by atoms with Crippen LogP contribution in [-0.2, 0) is 6.18 Å². The van der Waals surface area contributed by atoms with Crippen molar-refractivity contribution in [2.75, 3.05) is 0 Å². The molecule has 1 aromatic rings. The van der Waals surface area contributed by atoms with Gasteiger partial charge >= 0.3 is 12.3 Å². The van der Waals surface area contributed by atoms with Gasteiger partial charge < -0.3 is 5.11 Å². The Morgan fingerprint density at radius 3 is 2.44 bits per heavy atom. The number of rotatable bonds is 2. The Morgan fingerprint density at radius 2 is 2.00 bits per heavy atom. The number of carbonyl (C=O) groups is 1. The Bertz CT molecular complexity index is 497. The summed E-state index contributed by atoms with van der Waals surface area (Å²) in [5, 5.41) is 11.6. The van der Waals surface area contributed by atoms with E-state index in [9.17, 15) is 22.4 Å². The highest BCUT2D eigenvalue weighted by Gasteiger charge is 2.33. The number of halogens is 4. The summed E-state index contributed by atoms with van der Waals surface area (Å²) in [4.78, 5) is 10.1.